The Labute approximate surface area is 84.3 Å². The first-order valence-electron chi connectivity index (χ1n) is 5.74. The Kier molecular flexibility index (Phi) is 7.35. The normalized spacial score (nSPS) is 18.7. The van der Waals surface area contributed by atoms with Crippen LogP contribution in [0.25, 0.3) is 0 Å². The molecule has 0 bridgehead atoms. The van der Waals surface area contributed by atoms with Crippen LogP contribution in [0.5, 0.6) is 0 Å². The van der Waals surface area contributed by atoms with Crippen LogP contribution in [-0.4, -0.2) is 13.1 Å². The molecule has 13 heavy (non-hydrogen) atoms. The minimum absolute atomic E-state index is 0.833. The fourth-order valence-electron chi connectivity index (χ4n) is 1.51. The molecule has 0 saturated carbocycles. The standard InChI is InChI=1S/C8H17N.C4H10/c1-7(2)8-3-5-9-6-4-8;1-4(2)3/h7-9H,3-6H2,1-2H3;4H,1-3H3. The molecule has 1 aliphatic rings. The first kappa shape index (κ1) is 13.0. The smallest absolute Gasteiger partial charge is 0.00462 e. The Morgan fingerprint density at radius 2 is 1.31 bits per heavy atom. The van der Waals surface area contributed by atoms with E-state index in [0.29, 0.717) is 0 Å². The van der Waals surface area contributed by atoms with E-state index >= 15 is 0 Å². The summed E-state index contributed by atoms with van der Waals surface area (Å²) in [5, 5.41) is 3.37. The van der Waals surface area contributed by atoms with Crippen LogP contribution in [0, 0.1) is 17.8 Å². The number of rotatable bonds is 1. The zero-order valence-corrected chi connectivity index (χ0v) is 10.1. The largest absolute Gasteiger partial charge is 0.317 e. The molecule has 0 atom stereocenters. The van der Waals surface area contributed by atoms with Crippen molar-refractivity contribution in [2.75, 3.05) is 13.1 Å². The van der Waals surface area contributed by atoms with Crippen LogP contribution in [0.4, 0.5) is 0 Å². The van der Waals surface area contributed by atoms with Gasteiger partial charge < -0.3 is 5.32 Å². The van der Waals surface area contributed by atoms with Gasteiger partial charge in [0, 0.05) is 0 Å². The second-order valence-corrected chi connectivity index (χ2v) is 5.06. The number of hydrogen-bond acceptors (Lipinski definition) is 1. The first-order valence-corrected chi connectivity index (χ1v) is 5.74. The summed E-state index contributed by atoms with van der Waals surface area (Å²) in [4.78, 5) is 0. The fourth-order valence-corrected chi connectivity index (χ4v) is 1.51. The third-order valence-corrected chi connectivity index (χ3v) is 2.33. The summed E-state index contributed by atoms with van der Waals surface area (Å²) in [6, 6.07) is 0. The van der Waals surface area contributed by atoms with E-state index in [9.17, 15) is 0 Å². The SMILES string of the molecule is CC(C)C.CC(C)C1CCNCC1. The maximum Gasteiger partial charge on any atom is -0.00462 e. The third kappa shape index (κ3) is 8.29. The summed E-state index contributed by atoms with van der Waals surface area (Å²) in [6.07, 6.45) is 2.77. The maximum absolute atomic E-state index is 3.37. The lowest BCUT2D eigenvalue weighted by molar-refractivity contribution is 0.292. The van der Waals surface area contributed by atoms with E-state index in [2.05, 4.69) is 39.9 Å². The molecule has 1 aliphatic heterocycles. The zero-order chi connectivity index (χ0) is 10.3. The molecule has 0 aromatic carbocycles. The molecule has 80 valence electrons. The lowest BCUT2D eigenvalue weighted by atomic mass is 9.87. The number of nitrogens with one attached hydrogen (secondary N) is 1. The van der Waals surface area contributed by atoms with Crippen LogP contribution in [0.3, 0.4) is 0 Å². The average molecular weight is 185 g/mol. The lowest BCUT2D eigenvalue weighted by Gasteiger charge is -2.25. The zero-order valence-electron chi connectivity index (χ0n) is 10.1. The van der Waals surface area contributed by atoms with Gasteiger partial charge in [0.25, 0.3) is 0 Å². The fraction of sp³-hybridized carbons (Fsp3) is 1.00. The molecule has 0 aromatic rings. The predicted octanol–water partition coefficient (Wildman–Crippen LogP) is 3.30. The average Bonchev–Trinajstić information content (AvgIpc) is 2.05. The Morgan fingerprint density at radius 1 is 0.923 bits per heavy atom. The summed E-state index contributed by atoms with van der Waals surface area (Å²) in [5.74, 6) is 2.72. The van der Waals surface area contributed by atoms with E-state index < -0.39 is 0 Å². The number of piperidine rings is 1. The Morgan fingerprint density at radius 3 is 1.54 bits per heavy atom. The molecular weight excluding hydrogens is 158 g/mol. The van der Waals surface area contributed by atoms with Gasteiger partial charge in [-0.05, 0) is 43.7 Å². The molecule has 0 spiro atoms. The Bertz CT molecular complexity index is 98.9. The van der Waals surface area contributed by atoms with E-state index in [1.807, 2.05) is 0 Å². The van der Waals surface area contributed by atoms with E-state index in [-0.39, 0.29) is 0 Å². The molecule has 1 fully saturated rings. The van der Waals surface area contributed by atoms with Gasteiger partial charge in [0.05, 0.1) is 0 Å². The Balaban J connectivity index is 0.000000310. The van der Waals surface area contributed by atoms with Crippen molar-refractivity contribution in [3.05, 3.63) is 0 Å². The molecule has 1 saturated heterocycles. The van der Waals surface area contributed by atoms with Gasteiger partial charge >= 0.3 is 0 Å². The second-order valence-electron chi connectivity index (χ2n) is 5.06. The van der Waals surface area contributed by atoms with Gasteiger partial charge in [-0.3, -0.25) is 0 Å². The molecule has 0 unspecified atom stereocenters. The van der Waals surface area contributed by atoms with Crippen LogP contribution in [0.2, 0.25) is 0 Å². The minimum Gasteiger partial charge on any atom is -0.317 e. The van der Waals surface area contributed by atoms with E-state index in [1.165, 1.54) is 25.9 Å². The summed E-state index contributed by atoms with van der Waals surface area (Å²) >= 11 is 0. The Hall–Kier alpha value is -0.0400. The van der Waals surface area contributed by atoms with Crippen LogP contribution >= 0.6 is 0 Å². The van der Waals surface area contributed by atoms with Crippen molar-refractivity contribution in [1.82, 2.24) is 5.32 Å². The van der Waals surface area contributed by atoms with E-state index in [0.717, 1.165) is 17.8 Å². The van der Waals surface area contributed by atoms with Gasteiger partial charge in [0.15, 0.2) is 0 Å². The van der Waals surface area contributed by atoms with Gasteiger partial charge in [0.1, 0.15) is 0 Å². The van der Waals surface area contributed by atoms with Crippen LogP contribution in [-0.2, 0) is 0 Å². The van der Waals surface area contributed by atoms with Crippen molar-refractivity contribution in [1.29, 1.82) is 0 Å². The maximum atomic E-state index is 3.37. The molecule has 0 aliphatic carbocycles. The molecule has 1 heteroatoms. The summed E-state index contributed by atoms with van der Waals surface area (Å²) in [6.45, 7) is 13.6. The van der Waals surface area contributed by atoms with Crippen molar-refractivity contribution in [2.45, 2.75) is 47.5 Å². The molecule has 1 rings (SSSR count). The van der Waals surface area contributed by atoms with Crippen LogP contribution in [0.15, 0.2) is 0 Å². The van der Waals surface area contributed by atoms with E-state index in [4.69, 9.17) is 0 Å². The van der Waals surface area contributed by atoms with Crippen LogP contribution in [0.1, 0.15) is 47.5 Å². The highest BCUT2D eigenvalue weighted by molar-refractivity contribution is 4.70. The van der Waals surface area contributed by atoms with Gasteiger partial charge in [0.2, 0.25) is 0 Å². The molecule has 0 amide bonds. The molecular formula is C12H27N. The topological polar surface area (TPSA) is 12.0 Å². The van der Waals surface area contributed by atoms with Crippen molar-refractivity contribution >= 4 is 0 Å². The highest BCUT2D eigenvalue weighted by Gasteiger charge is 2.15. The minimum atomic E-state index is 0.833. The van der Waals surface area contributed by atoms with E-state index in [1.54, 1.807) is 0 Å². The summed E-state index contributed by atoms with van der Waals surface area (Å²) in [5.41, 5.74) is 0. The van der Waals surface area contributed by atoms with Crippen molar-refractivity contribution in [2.24, 2.45) is 17.8 Å². The van der Waals surface area contributed by atoms with Gasteiger partial charge in [-0.1, -0.05) is 34.6 Å². The lowest BCUT2D eigenvalue weighted by Crippen LogP contribution is -2.29. The molecule has 0 radical (unpaired) electrons. The van der Waals surface area contributed by atoms with Crippen LogP contribution < -0.4 is 5.32 Å². The second kappa shape index (κ2) is 7.37. The summed E-state index contributed by atoms with van der Waals surface area (Å²) < 4.78 is 0. The van der Waals surface area contributed by atoms with Gasteiger partial charge in [-0.15, -0.1) is 0 Å². The monoisotopic (exact) mass is 185 g/mol. The van der Waals surface area contributed by atoms with Crippen molar-refractivity contribution in [3.8, 4) is 0 Å². The predicted molar refractivity (Wildman–Crippen MR) is 60.9 cm³/mol. The van der Waals surface area contributed by atoms with Crippen molar-refractivity contribution in [3.63, 3.8) is 0 Å². The third-order valence-electron chi connectivity index (χ3n) is 2.33. The summed E-state index contributed by atoms with van der Waals surface area (Å²) in [7, 11) is 0. The molecule has 1 N–H and O–H groups in total. The van der Waals surface area contributed by atoms with Gasteiger partial charge in [-0.25, -0.2) is 0 Å². The van der Waals surface area contributed by atoms with Crippen molar-refractivity contribution < 1.29 is 0 Å². The van der Waals surface area contributed by atoms with Gasteiger partial charge in [-0.2, -0.15) is 0 Å². The molecule has 1 nitrogen and oxygen atoms in total. The quantitative estimate of drug-likeness (QED) is 0.661. The first-order chi connectivity index (χ1) is 6.04. The highest BCUT2D eigenvalue weighted by Crippen LogP contribution is 2.20. The molecule has 0 aromatic heterocycles. The molecule has 1 heterocycles. The highest BCUT2D eigenvalue weighted by atomic mass is 14.9. The number of hydrogen-bond donors (Lipinski definition) is 1.